The van der Waals surface area contributed by atoms with E-state index < -0.39 is 12.2 Å². The molecule has 2 saturated heterocycles. The number of benzene rings is 4. The lowest BCUT2D eigenvalue weighted by atomic mass is 9.98. The van der Waals surface area contributed by atoms with E-state index in [2.05, 4.69) is 10.6 Å². The summed E-state index contributed by atoms with van der Waals surface area (Å²) < 4.78 is 13.4. The van der Waals surface area contributed by atoms with Crippen LogP contribution in [0.25, 0.3) is 10.8 Å². The predicted octanol–water partition coefficient (Wildman–Crippen LogP) is 4.51. The van der Waals surface area contributed by atoms with E-state index in [9.17, 15) is 23.6 Å². The van der Waals surface area contributed by atoms with Crippen molar-refractivity contribution in [1.29, 1.82) is 0 Å². The number of hydrazine groups is 1. The number of hydrogen-bond donors (Lipinski definition) is 2. The quantitative estimate of drug-likeness (QED) is 0.236. The van der Waals surface area contributed by atoms with Crippen LogP contribution in [0.15, 0.2) is 91.0 Å². The first kappa shape index (κ1) is 31.7. The number of nitrogens with zero attached hydrogens (tertiary/aromatic N) is 4. The van der Waals surface area contributed by atoms with Gasteiger partial charge in [-0.1, -0.05) is 73.7 Å². The molecule has 0 aliphatic carbocycles. The molecule has 2 heterocycles. The summed E-state index contributed by atoms with van der Waals surface area (Å²) in [4.78, 5) is 56.0. The molecule has 2 atom stereocenters. The molecule has 0 spiro atoms. The van der Waals surface area contributed by atoms with Gasteiger partial charge in [0.25, 0.3) is 0 Å². The van der Waals surface area contributed by atoms with Crippen LogP contribution in [-0.4, -0.2) is 75.9 Å². The second-order valence-electron chi connectivity index (χ2n) is 11.8. The number of urea groups is 1. The maximum atomic E-state index is 14.3. The molecule has 242 valence electrons. The molecule has 2 fully saturated rings. The lowest BCUT2D eigenvalue weighted by Crippen LogP contribution is -2.66. The minimum Gasteiger partial charge on any atom is -0.333 e. The summed E-state index contributed by atoms with van der Waals surface area (Å²) in [5, 5.41) is 11.0. The molecule has 2 N–H and O–H groups in total. The molecule has 2 aliphatic rings. The van der Waals surface area contributed by atoms with Crippen LogP contribution < -0.4 is 10.6 Å². The summed E-state index contributed by atoms with van der Waals surface area (Å²) in [5.74, 6) is -0.751. The number of carbonyl (C=O) groups is 4. The summed E-state index contributed by atoms with van der Waals surface area (Å²) in [7, 11) is 0. The standard InChI is InChI=1S/C36H37FN6O4/c1-2-18-41(36(47)38-20-26-10-14-29(37)15-11-26)42-23-34(45)43-32(19-25-12-16-30(17-13-25)39-24-44)35(46)40(22-33(42)43)21-28-8-5-7-27-6-3-4-9-31(27)28/h3-17,24,32-33H,2,18-23H2,1H3,(H,38,47)(H,39,44)/t32-,33+/m0/s1. The highest BCUT2D eigenvalue weighted by molar-refractivity contribution is 5.92. The van der Waals surface area contributed by atoms with Crippen molar-refractivity contribution in [2.24, 2.45) is 0 Å². The van der Waals surface area contributed by atoms with Crippen molar-refractivity contribution in [2.45, 2.75) is 45.1 Å². The van der Waals surface area contributed by atoms with Crippen molar-refractivity contribution in [3.05, 3.63) is 114 Å². The van der Waals surface area contributed by atoms with Crippen molar-refractivity contribution in [2.75, 3.05) is 25.0 Å². The molecule has 4 aromatic carbocycles. The van der Waals surface area contributed by atoms with Gasteiger partial charge in [0.05, 0.1) is 13.1 Å². The molecule has 10 nitrogen and oxygen atoms in total. The zero-order valence-corrected chi connectivity index (χ0v) is 26.1. The van der Waals surface area contributed by atoms with Gasteiger partial charge < -0.3 is 20.4 Å². The van der Waals surface area contributed by atoms with Gasteiger partial charge in [0.2, 0.25) is 18.2 Å². The van der Waals surface area contributed by atoms with Crippen molar-refractivity contribution in [1.82, 2.24) is 25.1 Å². The normalized spacial score (nSPS) is 17.9. The zero-order chi connectivity index (χ0) is 32.9. The number of amides is 5. The molecule has 0 aromatic heterocycles. The molecular weight excluding hydrogens is 599 g/mol. The minimum absolute atomic E-state index is 0.0529. The average Bonchev–Trinajstić information content (AvgIpc) is 3.41. The Kier molecular flexibility index (Phi) is 9.44. The summed E-state index contributed by atoms with van der Waals surface area (Å²) in [6.45, 7) is 3.02. The van der Waals surface area contributed by atoms with Crippen molar-refractivity contribution < 1.29 is 23.6 Å². The molecule has 0 saturated carbocycles. The van der Waals surface area contributed by atoms with E-state index in [1.807, 2.05) is 61.5 Å². The predicted molar refractivity (Wildman–Crippen MR) is 176 cm³/mol. The Balaban J connectivity index is 1.30. The van der Waals surface area contributed by atoms with Crippen LogP contribution in [-0.2, 0) is 33.9 Å². The number of fused-ring (bicyclic) bond motifs is 2. The van der Waals surface area contributed by atoms with Crippen LogP contribution in [0, 0.1) is 5.82 Å². The third kappa shape index (κ3) is 6.80. The molecule has 0 radical (unpaired) electrons. The number of carbonyl (C=O) groups excluding carboxylic acids is 4. The Bertz CT molecular complexity index is 1760. The number of halogens is 1. The fourth-order valence-corrected chi connectivity index (χ4v) is 6.48. The molecule has 47 heavy (non-hydrogen) atoms. The van der Waals surface area contributed by atoms with Crippen molar-refractivity contribution >= 4 is 40.7 Å². The summed E-state index contributed by atoms with van der Waals surface area (Å²) in [6, 6.07) is 26.0. The Labute approximate surface area is 272 Å². The van der Waals surface area contributed by atoms with Crippen LogP contribution in [0.5, 0.6) is 0 Å². The van der Waals surface area contributed by atoms with E-state index in [0.29, 0.717) is 31.6 Å². The molecule has 4 aromatic rings. The van der Waals surface area contributed by atoms with Gasteiger partial charge in [0.1, 0.15) is 18.0 Å². The fourth-order valence-electron chi connectivity index (χ4n) is 6.48. The van der Waals surface area contributed by atoms with E-state index in [4.69, 9.17) is 0 Å². The smallest absolute Gasteiger partial charge is 0.332 e. The van der Waals surface area contributed by atoms with Crippen LogP contribution in [0.4, 0.5) is 14.9 Å². The number of hydrogen-bond acceptors (Lipinski definition) is 5. The second kappa shape index (κ2) is 14.0. The summed E-state index contributed by atoms with van der Waals surface area (Å²) in [6.07, 6.45) is 0.946. The van der Waals surface area contributed by atoms with Gasteiger partial charge in [-0.05, 0) is 58.1 Å². The molecule has 2 aliphatic heterocycles. The molecule has 0 bridgehead atoms. The van der Waals surface area contributed by atoms with Gasteiger partial charge in [-0.15, -0.1) is 0 Å². The number of rotatable bonds is 11. The number of anilines is 1. The van der Waals surface area contributed by atoms with Crippen LogP contribution in [0.3, 0.4) is 0 Å². The minimum atomic E-state index is -0.795. The van der Waals surface area contributed by atoms with E-state index in [1.54, 1.807) is 44.1 Å². The first-order valence-electron chi connectivity index (χ1n) is 15.8. The van der Waals surface area contributed by atoms with Gasteiger partial charge >= 0.3 is 6.03 Å². The summed E-state index contributed by atoms with van der Waals surface area (Å²) >= 11 is 0. The van der Waals surface area contributed by atoms with Gasteiger partial charge in [-0.2, -0.15) is 5.01 Å². The number of nitrogens with one attached hydrogen (secondary N) is 2. The van der Waals surface area contributed by atoms with Crippen LogP contribution in [0.2, 0.25) is 0 Å². The van der Waals surface area contributed by atoms with Crippen LogP contribution >= 0.6 is 0 Å². The fraction of sp³-hybridized carbons (Fsp3) is 0.278. The monoisotopic (exact) mass is 636 g/mol. The topological polar surface area (TPSA) is 105 Å². The van der Waals surface area contributed by atoms with E-state index in [0.717, 1.165) is 27.5 Å². The first-order valence-corrected chi connectivity index (χ1v) is 15.8. The third-order valence-corrected chi connectivity index (χ3v) is 8.75. The highest BCUT2D eigenvalue weighted by Gasteiger charge is 2.52. The average molecular weight is 637 g/mol. The first-order chi connectivity index (χ1) is 22.9. The summed E-state index contributed by atoms with van der Waals surface area (Å²) in [5.41, 5.74) is 3.19. The van der Waals surface area contributed by atoms with Gasteiger partial charge in [0.15, 0.2) is 0 Å². The van der Waals surface area contributed by atoms with Gasteiger partial charge in [-0.25, -0.2) is 9.18 Å². The third-order valence-electron chi connectivity index (χ3n) is 8.75. The van der Waals surface area contributed by atoms with Crippen LogP contribution in [0.1, 0.15) is 30.0 Å². The van der Waals surface area contributed by atoms with Gasteiger partial charge in [0, 0.05) is 31.7 Å². The second-order valence-corrected chi connectivity index (χ2v) is 11.8. The highest BCUT2D eigenvalue weighted by Crippen LogP contribution is 2.31. The molecule has 5 amide bonds. The Hall–Kier alpha value is -5.29. The largest absolute Gasteiger partial charge is 0.333 e. The zero-order valence-electron chi connectivity index (χ0n) is 26.1. The molecule has 6 rings (SSSR count). The van der Waals surface area contributed by atoms with Crippen molar-refractivity contribution in [3.8, 4) is 0 Å². The van der Waals surface area contributed by atoms with E-state index >= 15 is 0 Å². The van der Waals surface area contributed by atoms with E-state index in [1.165, 1.54) is 12.1 Å². The lowest BCUT2D eigenvalue weighted by Gasteiger charge is -2.46. The maximum absolute atomic E-state index is 14.3. The number of piperazine rings is 1. The van der Waals surface area contributed by atoms with Gasteiger partial charge in [-0.3, -0.25) is 19.4 Å². The highest BCUT2D eigenvalue weighted by atomic mass is 19.1. The lowest BCUT2D eigenvalue weighted by molar-refractivity contribution is -0.157. The molecular formula is C36H37FN6O4. The SMILES string of the molecule is CCCN(C(=O)NCc1ccc(F)cc1)N1CC(=O)N2[C@@H](Cc3ccc(NC=O)cc3)C(=O)N(Cc3cccc4ccccc34)C[C@@H]21. The maximum Gasteiger partial charge on any atom is 0.332 e. The Morgan fingerprint density at radius 2 is 1.68 bits per heavy atom. The molecule has 11 heteroatoms. The molecule has 0 unspecified atom stereocenters. The Morgan fingerprint density at radius 1 is 0.957 bits per heavy atom. The Morgan fingerprint density at radius 3 is 2.43 bits per heavy atom. The van der Waals surface area contributed by atoms with Crippen molar-refractivity contribution in [3.63, 3.8) is 0 Å². The van der Waals surface area contributed by atoms with E-state index in [-0.39, 0.29) is 49.7 Å².